The van der Waals surface area contributed by atoms with Crippen LogP contribution in [0.2, 0.25) is 5.02 Å². The number of sulfonamides is 1. The van der Waals surface area contributed by atoms with Crippen molar-refractivity contribution in [3.8, 4) is 0 Å². The summed E-state index contributed by atoms with van der Waals surface area (Å²) in [6.07, 6.45) is 1.69. The molecule has 7 nitrogen and oxygen atoms in total. The molecule has 3 rings (SSSR count). The van der Waals surface area contributed by atoms with Gasteiger partial charge >= 0.3 is 0 Å². The number of hydrogen-bond donors (Lipinski definition) is 1. The van der Waals surface area contributed by atoms with E-state index in [0.29, 0.717) is 16.5 Å². The maximum Gasteiger partial charge on any atom is 0.264 e. The van der Waals surface area contributed by atoms with Gasteiger partial charge < -0.3 is 5.32 Å². The van der Waals surface area contributed by atoms with E-state index in [0.717, 1.165) is 4.31 Å². The Hall–Kier alpha value is -2.84. The fourth-order valence-corrected chi connectivity index (χ4v) is 3.86. The van der Waals surface area contributed by atoms with Gasteiger partial charge in [-0.15, -0.1) is 0 Å². The molecule has 0 atom stereocenters. The number of nitrogens with one attached hydrogen (secondary N) is 1. The number of rotatable bonds is 5. The third kappa shape index (κ3) is 4.12. The number of aryl methyl sites for hydroxylation is 1. The molecule has 0 unspecified atom stereocenters. The van der Waals surface area contributed by atoms with Gasteiger partial charge in [0.1, 0.15) is 0 Å². The van der Waals surface area contributed by atoms with Crippen LogP contribution in [0.1, 0.15) is 10.4 Å². The topological polar surface area (TPSA) is 84.3 Å². The number of hydrogen-bond acceptors (Lipinski definition) is 4. The standard InChI is InChI=1S/C18H17ClN4O3S/c1-22-10-9-17(21-22)20-18(24)13-5-3-8-16(11-13)27(25,26)23(2)15-7-4-6-14(19)12-15/h3-12H,1-2H3,(H,20,21,24). The molecule has 0 spiro atoms. The molecule has 0 fully saturated rings. The van der Waals surface area contributed by atoms with Gasteiger partial charge in [-0.3, -0.25) is 13.8 Å². The number of benzene rings is 2. The number of nitrogens with zero attached hydrogens (tertiary/aromatic N) is 3. The molecule has 9 heteroatoms. The Kier molecular flexibility index (Phi) is 5.20. The van der Waals surface area contributed by atoms with Crippen molar-refractivity contribution in [2.45, 2.75) is 4.90 Å². The summed E-state index contributed by atoms with van der Waals surface area (Å²) in [7, 11) is -0.696. The minimum atomic E-state index is -3.86. The Bertz CT molecular complexity index is 1100. The van der Waals surface area contributed by atoms with Crippen molar-refractivity contribution >= 4 is 39.0 Å². The Labute approximate surface area is 162 Å². The van der Waals surface area contributed by atoms with E-state index in [1.165, 1.54) is 31.3 Å². The molecule has 1 aromatic heterocycles. The van der Waals surface area contributed by atoms with Crippen LogP contribution in [0.15, 0.2) is 65.7 Å². The third-order valence-electron chi connectivity index (χ3n) is 3.88. The van der Waals surface area contributed by atoms with Crippen LogP contribution >= 0.6 is 11.6 Å². The summed E-state index contributed by atoms with van der Waals surface area (Å²) in [6, 6.07) is 14.0. The second-order valence-corrected chi connectivity index (χ2v) is 8.21. The zero-order valence-corrected chi connectivity index (χ0v) is 16.2. The summed E-state index contributed by atoms with van der Waals surface area (Å²) in [5, 5.41) is 7.13. The Morgan fingerprint density at radius 3 is 2.56 bits per heavy atom. The molecule has 0 radical (unpaired) electrons. The zero-order valence-electron chi connectivity index (χ0n) is 14.6. The van der Waals surface area contributed by atoms with Gasteiger partial charge in [-0.25, -0.2) is 8.42 Å². The maximum atomic E-state index is 12.9. The number of aromatic nitrogens is 2. The van der Waals surface area contributed by atoms with E-state index in [1.54, 1.807) is 48.3 Å². The molecular formula is C18H17ClN4O3S. The number of carbonyl (C=O) groups is 1. The number of carbonyl (C=O) groups excluding carboxylic acids is 1. The summed E-state index contributed by atoms with van der Waals surface area (Å²) < 4.78 is 28.5. The predicted molar refractivity (Wildman–Crippen MR) is 105 cm³/mol. The third-order valence-corrected chi connectivity index (χ3v) is 5.90. The van der Waals surface area contributed by atoms with Gasteiger partial charge in [-0.2, -0.15) is 5.10 Å². The molecular weight excluding hydrogens is 388 g/mol. The summed E-state index contributed by atoms with van der Waals surface area (Å²) >= 11 is 5.95. The quantitative estimate of drug-likeness (QED) is 0.707. The first kappa shape index (κ1) is 18.9. The van der Waals surface area contributed by atoms with Crippen LogP contribution in [-0.2, 0) is 17.1 Å². The van der Waals surface area contributed by atoms with E-state index in [1.807, 2.05) is 0 Å². The van der Waals surface area contributed by atoms with Gasteiger partial charge in [-0.1, -0.05) is 23.7 Å². The Balaban J connectivity index is 1.88. The second kappa shape index (κ2) is 7.42. The lowest BCUT2D eigenvalue weighted by molar-refractivity contribution is 0.102. The lowest BCUT2D eigenvalue weighted by Crippen LogP contribution is -2.26. The normalized spacial score (nSPS) is 11.2. The highest BCUT2D eigenvalue weighted by Crippen LogP contribution is 2.25. The predicted octanol–water partition coefficient (Wildman–Crippen LogP) is 3.15. The first-order chi connectivity index (χ1) is 12.8. The van der Waals surface area contributed by atoms with Crippen LogP contribution in [0, 0.1) is 0 Å². The molecule has 1 amide bonds. The van der Waals surface area contributed by atoms with E-state index >= 15 is 0 Å². The number of amides is 1. The number of halogens is 1. The second-order valence-electron chi connectivity index (χ2n) is 5.81. The van der Waals surface area contributed by atoms with E-state index in [4.69, 9.17) is 11.6 Å². The van der Waals surface area contributed by atoms with Crippen molar-refractivity contribution < 1.29 is 13.2 Å². The SMILES string of the molecule is CN(c1cccc(Cl)c1)S(=O)(=O)c1cccc(C(=O)Nc2ccn(C)n2)c1. The lowest BCUT2D eigenvalue weighted by Gasteiger charge is -2.20. The summed E-state index contributed by atoms with van der Waals surface area (Å²) in [4.78, 5) is 12.4. The van der Waals surface area contributed by atoms with Gasteiger partial charge in [0.2, 0.25) is 0 Å². The molecule has 0 saturated carbocycles. The molecule has 27 heavy (non-hydrogen) atoms. The average molecular weight is 405 g/mol. The first-order valence-corrected chi connectivity index (χ1v) is 9.75. The van der Waals surface area contributed by atoms with Gasteiger partial charge in [0, 0.05) is 36.9 Å². The molecule has 0 saturated heterocycles. The molecule has 0 aliphatic heterocycles. The van der Waals surface area contributed by atoms with Crippen LogP contribution in [0.4, 0.5) is 11.5 Å². The van der Waals surface area contributed by atoms with Gasteiger partial charge in [0.05, 0.1) is 10.6 Å². The molecule has 2 aromatic carbocycles. The van der Waals surface area contributed by atoms with Crippen LogP contribution in [-0.4, -0.2) is 31.2 Å². The number of anilines is 2. The minimum Gasteiger partial charge on any atom is -0.305 e. The van der Waals surface area contributed by atoms with Crippen LogP contribution in [0.5, 0.6) is 0 Å². The fourth-order valence-electron chi connectivity index (χ4n) is 2.44. The van der Waals surface area contributed by atoms with Crippen LogP contribution in [0.3, 0.4) is 0 Å². The van der Waals surface area contributed by atoms with Gasteiger partial charge in [0.15, 0.2) is 5.82 Å². The minimum absolute atomic E-state index is 0.00125. The van der Waals surface area contributed by atoms with Crippen molar-refractivity contribution in [3.05, 3.63) is 71.4 Å². The Morgan fingerprint density at radius 2 is 1.89 bits per heavy atom. The smallest absolute Gasteiger partial charge is 0.264 e. The zero-order chi connectivity index (χ0) is 19.6. The first-order valence-electron chi connectivity index (χ1n) is 7.93. The van der Waals surface area contributed by atoms with Gasteiger partial charge in [-0.05, 0) is 36.4 Å². The van der Waals surface area contributed by atoms with Crippen LogP contribution < -0.4 is 9.62 Å². The van der Waals surface area contributed by atoms with E-state index in [9.17, 15) is 13.2 Å². The van der Waals surface area contributed by atoms with Crippen molar-refractivity contribution in [2.75, 3.05) is 16.7 Å². The molecule has 3 aromatic rings. The van der Waals surface area contributed by atoms with Gasteiger partial charge in [0.25, 0.3) is 15.9 Å². The lowest BCUT2D eigenvalue weighted by atomic mass is 10.2. The van der Waals surface area contributed by atoms with E-state index in [2.05, 4.69) is 10.4 Å². The molecule has 0 aliphatic carbocycles. The molecule has 1 N–H and O–H groups in total. The molecule has 0 aliphatic rings. The largest absolute Gasteiger partial charge is 0.305 e. The highest BCUT2D eigenvalue weighted by molar-refractivity contribution is 7.92. The average Bonchev–Trinajstić information content (AvgIpc) is 3.05. The Morgan fingerprint density at radius 1 is 1.15 bits per heavy atom. The molecule has 140 valence electrons. The van der Waals surface area contributed by atoms with E-state index in [-0.39, 0.29) is 10.5 Å². The van der Waals surface area contributed by atoms with E-state index < -0.39 is 15.9 Å². The highest BCUT2D eigenvalue weighted by Gasteiger charge is 2.22. The fraction of sp³-hybridized carbons (Fsp3) is 0.111. The summed E-state index contributed by atoms with van der Waals surface area (Å²) in [5.74, 6) is -0.0667. The molecule has 0 bridgehead atoms. The van der Waals surface area contributed by atoms with Crippen molar-refractivity contribution in [3.63, 3.8) is 0 Å². The highest BCUT2D eigenvalue weighted by atomic mass is 35.5. The van der Waals surface area contributed by atoms with Crippen molar-refractivity contribution in [1.29, 1.82) is 0 Å². The van der Waals surface area contributed by atoms with Crippen molar-refractivity contribution in [2.24, 2.45) is 7.05 Å². The monoisotopic (exact) mass is 404 g/mol. The summed E-state index contributed by atoms with van der Waals surface area (Å²) in [6.45, 7) is 0. The molecule has 1 heterocycles. The van der Waals surface area contributed by atoms with Crippen molar-refractivity contribution in [1.82, 2.24) is 9.78 Å². The van der Waals surface area contributed by atoms with Crippen LogP contribution in [0.25, 0.3) is 0 Å². The summed E-state index contributed by atoms with van der Waals surface area (Å²) in [5.41, 5.74) is 0.632. The maximum absolute atomic E-state index is 12.9.